The first kappa shape index (κ1) is 16.8. The molecule has 0 aliphatic carbocycles. The average molecular weight is 320 g/mol. The lowest BCUT2D eigenvalue weighted by molar-refractivity contribution is -0.908. The lowest BCUT2D eigenvalue weighted by Gasteiger charge is -2.21. The van der Waals surface area contributed by atoms with Crippen LogP contribution in [-0.4, -0.2) is 32.2 Å². The Balaban J connectivity index is 2.67. The van der Waals surface area contributed by atoms with E-state index in [0.717, 1.165) is 10.5 Å². The molecule has 2 N–H and O–H groups in total. The van der Waals surface area contributed by atoms with Crippen LogP contribution in [0.15, 0.2) is 18.2 Å². The number of halogens is 2. The number of imide groups is 1. The van der Waals surface area contributed by atoms with Crippen molar-refractivity contribution in [3.8, 4) is 0 Å². The van der Waals surface area contributed by atoms with E-state index in [-0.39, 0.29) is 0 Å². The minimum Gasteiger partial charge on any atom is -0.453 e. The van der Waals surface area contributed by atoms with Crippen LogP contribution in [0.25, 0.3) is 0 Å². The fraction of sp³-hybridized carbons (Fsp3) is 0.385. The van der Waals surface area contributed by atoms with Crippen molar-refractivity contribution in [2.75, 3.05) is 14.2 Å². The number of quaternary nitrogens is 1. The number of rotatable bonds is 4. The van der Waals surface area contributed by atoms with Crippen molar-refractivity contribution >= 4 is 35.2 Å². The molecule has 7 heteroatoms. The number of amides is 2. The molecule has 0 heterocycles. The van der Waals surface area contributed by atoms with Crippen molar-refractivity contribution < 1.29 is 19.2 Å². The largest absolute Gasteiger partial charge is 0.453 e. The molecule has 0 radical (unpaired) electrons. The number of likely N-dealkylation sites (N-methyl/N-ethyl adjacent to an activating group) is 1. The van der Waals surface area contributed by atoms with Crippen LogP contribution < -0.4 is 10.2 Å². The maximum absolute atomic E-state index is 11.8. The SMILES string of the molecule is COC(=O)NC(=O)[C@@H](C)[NH+](C)Cc1ccc(Cl)cc1Cl. The monoisotopic (exact) mass is 319 g/mol. The number of methoxy groups -OCH3 is 1. The van der Waals surface area contributed by atoms with Crippen molar-refractivity contribution in [2.24, 2.45) is 0 Å². The molecule has 0 aliphatic heterocycles. The van der Waals surface area contributed by atoms with Crippen LogP contribution in [0, 0.1) is 0 Å². The van der Waals surface area contributed by atoms with Gasteiger partial charge in [-0.1, -0.05) is 29.3 Å². The molecule has 1 aromatic rings. The summed E-state index contributed by atoms with van der Waals surface area (Å²) in [4.78, 5) is 23.7. The second kappa shape index (κ2) is 7.47. The Hall–Kier alpha value is -1.30. The van der Waals surface area contributed by atoms with Crippen molar-refractivity contribution in [1.29, 1.82) is 0 Å². The first-order valence-corrected chi connectivity index (χ1v) is 6.75. The van der Waals surface area contributed by atoms with Crippen LogP contribution in [0.1, 0.15) is 12.5 Å². The number of ether oxygens (including phenoxy) is 1. The Kier molecular flexibility index (Phi) is 6.26. The van der Waals surface area contributed by atoms with Gasteiger partial charge in [0.15, 0.2) is 6.04 Å². The number of carbonyl (C=O) groups excluding carboxylic acids is 2. The Labute approximate surface area is 127 Å². The molecule has 0 fully saturated rings. The number of benzene rings is 1. The highest BCUT2D eigenvalue weighted by molar-refractivity contribution is 6.35. The van der Waals surface area contributed by atoms with Gasteiger partial charge in [0, 0.05) is 10.6 Å². The first-order valence-electron chi connectivity index (χ1n) is 6.00. The molecule has 0 spiro atoms. The van der Waals surface area contributed by atoms with Gasteiger partial charge in [-0.25, -0.2) is 4.79 Å². The molecule has 1 unspecified atom stereocenters. The highest BCUT2D eigenvalue weighted by Crippen LogP contribution is 2.20. The Morgan fingerprint density at radius 3 is 2.60 bits per heavy atom. The molecular formula is C13H17Cl2N2O3+. The average Bonchev–Trinajstić information content (AvgIpc) is 2.40. The molecule has 0 saturated heterocycles. The van der Waals surface area contributed by atoms with Crippen LogP contribution in [0.2, 0.25) is 10.0 Å². The zero-order valence-corrected chi connectivity index (χ0v) is 13.0. The summed E-state index contributed by atoms with van der Waals surface area (Å²) in [6, 6.07) is 4.79. The van der Waals surface area contributed by atoms with Gasteiger partial charge in [0.1, 0.15) is 6.54 Å². The summed E-state index contributed by atoms with van der Waals surface area (Å²) in [5.74, 6) is -0.403. The minimum absolute atomic E-state index is 0.403. The van der Waals surface area contributed by atoms with Gasteiger partial charge in [-0.3, -0.25) is 10.1 Å². The summed E-state index contributed by atoms with van der Waals surface area (Å²) in [5, 5.41) is 3.26. The topological polar surface area (TPSA) is 59.8 Å². The summed E-state index contributed by atoms with van der Waals surface area (Å²) in [7, 11) is 3.05. The second-order valence-corrected chi connectivity index (χ2v) is 5.31. The van der Waals surface area contributed by atoms with Crippen LogP contribution in [0.4, 0.5) is 4.79 Å². The Bertz CT molecular complexity index is 508. The van der Waals surface area contributed by atoms with Gasteiger partial charge in [0.2, 0.25) is 0 Å². The third kappa shape index (κ3) is 4.67. The maximum atomic E-state index is 11.8. The minimum atomic E-state index is -0.765. The molecule has 0 aliphatic rings. The van der Waals surface area contributed by atoms with E-state index in [1.807, 2.05) is 13.1 Å². The maximum Gasteiger partial charge on any atom is 0.413 e. The van der Waals surface area contributed by atoms with Gasteiger partial charge >= 0.3 is 6.09 Å². The predicted molar refractivity (Wildman–Crippen MR) is 77.1 cm³/mol. The van der Waals surface area contributed by atoms with Crippen LogP contribution in [0.3, 0.4) is 0 Å². The summed E-state index contributed by atoms with van der Waals surface area (Å²) in [6.07, 6.45) is -0.765. The van der Waals surface area contributed by atoms with Crippen molar-refractivity contribution in [3.05, 3.63) is 33.8 Å². The van der Waals surface area contributed by atoms with Gasteiger partial charge in [-0.15, -0.1) is 0 Å². The second-order valence-electron chi connectivity index (χ2n) is 4.46. The van der Waals surface area contributed by atoms with Gasteiger partial charge in [0.25, 0.3) is 5.91 Å². The third-order valence-corrected chi connectivity index (χ3v) is 3.61. The van der Waals surface area contributed by atoms with Crippen molar-refractivity contribution in [1.82, 2.24) is 5.32 Å². The molecule has 2 atom stereocenters. The van der Waals surface area contributed by atoms with E-state index in [1.165, 1.54) is 7.11 Å². The van der Waals surface area contributed by atoms with Gasteiger partial charge in [0.05, 0.1) is 19.2 Å². The van der Waals surface area contributed by atoms with Crippen LogP contribution in [-0.2, 0) is 16.1 Å². The summed E-state index contributed by atoms with van der Waals surface area (Å²) >= 11 is 11.9. The standard InChI is InChI=1S/C13H16Cl2N2O3/c1-8(12(18)16-13(19)20-3)17(2)7-9-4-5-10(14)6-11(9)15/h4-6,8H,7H2,1-3H3,(H,16,18,19)/p+1/t8-/m1/s1. The van der Waals surface area contributed by atoms with Gasteiger partial charge < -0.3 is 9.64 Å². The summed E-state index contributed by atoms with van der Waals surface area (Å²) < 4.78 is 4.39. The summed E-state index contributed by atoms with van der Waals surface area (Å²) in [6.45, 7) is 2.25. The Morgan fingerprint density at radius 2 is 2.05 bits per heavy atom. The molecule has 0 aromatic heterocycles. The summed E-state index contributed by atoms with van der Waals surface area (Å²) in [5.41, 5.74) is 0.881. The molecule has 110 valence electrons. The Morgan fingerprint density at radius 1 is 1.40 bits per heavy atom. The zero-order valence-electron chi connectivity index (χ0n) is 11.5. The zero-order chi connectivity index (χ0) is 15.3. The molecular weight excluding hydrogens is 303 g/mol. The predicted octanol–water partition coefficient (Wildman–Crippen LogP) is 1.28. The normalized spacial score (nSPS) is 13.4. The quantitative estimate of drug-likeness (QED) is 0.879. The number of carbonyl (C=O) groups is 2. The van der Waals surface area contributed by atoms with Crippen LogP contribution >= 0.6 is 23.2 Å². The lowest BCUT2D eigenvalue weighted by atomic mass is 10.2. The number of hydrogen-bond acceptors (Lipinski definition) is 3. The molecule has 20 heavy (non-hydrogen) atoms. The lowest BCUT2D eigenvalue weighted by Crippen LogP contribution is -3.12. The van der Waals surface area contributed by atoms with E-state index in [1.54, 1.807) is 19.1 Å². The molecule has 0 bridgehead atoms. The number of alkyl carbamates (subject to hydrolysis) is 1. The van der Waals surface area contributed by atoms with E-state index >= 15 is 0 Å². The third-order valence-electron chi connectivity index (χ3n) is 3.03. The smallest absolute Gasteiger partial charge is 0.413 e. The highest BCUT2D eigenvalue weighted by Gasteiger charge is 2.24. The molecule has 0 saturated carbocycles. The highest BCUT2D eigenvalue weighted by atomic mass is 35.5. The number of hydrogen-bond donors (Lipinski definition) is 2. The fourth-order valence-corrected chi connectivity index (χ4v) is 2.08. The van der Waals surface area contributed by atoms with E-state index in [9.17, 15) is 9.59 Å². The van der Waals surface area contributed by atoms with E-state index < -0.39 is 18.0 Å². The van der Waals surface area contributed by atoms with E-state index in [0.29, 0.717) is 16.6 Å². The molecule has 1 rings (SSSR count). The van der Waals surface area contributed by atoms with Crippen molar-refractivity contribution in [2.45, 2.75) is 19.5 Å². The van der Waals surface area contributed by atoms with E-state index in [2.05, 4.69) is 10.1 Å². The van der Waals surface area contributed by atoms with E-state index in [4.69, 9.17) is 23.2 Å². The van der Waals surface area contributed by atoms with Crippen molar-refractivity contribution in [3.63, 3.8) is 0 Å². The van der Waals surface area contributed by atoms with Crippen LogP contribution in [0.5, 0.6) is 0 Å². The number of nitrogens with one attached hydrogen (secondary N) is 2. The van der Waals surface area contributed by atoms with Gasteiger partial charge in [-0.2, -0.15) is 0 Å². The molecule has 1 aromatic carbocycles. The first-order chi connectivity index (χ1) is 9.35. The van der Waals surface area contributed by atoms with Gasteiger partial charge in [-0.05, 0) is 19.1 Å². The molecule has 5 nitrogen and oxygen atoms in total. The molecule has 2 amide bonds. The fourth-order valence-electron chi connectivity index (χ4n) is 1.60.